The highest BCUT2D eigenvalue weighted by Gasteiger charge is 2.25. The van der Waals surface area contributed by atoms with Gasteiger partial charge in [0.05, 0.1) is 18.1 Å². The van der Waals surface area contributed by atoms with Crippen LogP contribution in [0.15, 0.2) is 42.5 Å². The number of aromatic hydroxyl groups is 2. The van der Waals surface area contributed by atoms with Crippen LogP contribution in [0.2, 0.25) is 0 Å². The molecule has 0 radical (unpaired) electrons. The molecule has 1 aliphatic rings. The van der Waals surface area contributed by atoms with Gasteiger partial charge in [-0.25, -0.2) is 0 Å². The van der Waals surface area contributed by atoms with Crippen molar-refractivity contribution in [2.75, 3.05) is 5.32 Å². The second-order valence-corrected chi connectivity index (χ2v) is 7.24. The van der Waals surface area contributed by atoms with Crippen molar-refractivity contribution in [3.8, 4) is 11.5 Å². The highest BCUT2D eigenvalue weighted by molar-refractivity contribution is 6.01. The molecular weight excluding hydrogens is 358 g/mol. The molecule has 1 aliphatic heterocycles. The number of ether oxygens (including phenoxy) is 1. The maximum absolute atomic E-state index is 13.0. The van der Waals surface area contributed by atoms with E-state index in [0.717, 1.165) is 24.6 Å². The first-order valence-electron chi connectivity index (χ1n) is 9.51. The zero-order chi connectivity index (χ0) is 20.1. The number of phenols is 2. The molecule has 2 aromatic carbocycles. The Labute approximate surface area is 164 Å². The van der Waals surface area contributed by atoms with Crippen molar-refractivity contribution in [1.29, 1.82) is 0 Å². The quantitative estimate of drug-likeness (QED) is 0.683. The molecule has 6 heteroatoms. The van der Waals surface area contributed by atoms with E-state index in [1.165, 1.54) is 6.07 Å². The van der Waals surface area contributed by atoms with Crippen molar-refractivity contribution in [2.45, 2.75) is 51.2 Å². The SMILES string of the molecule is CC1CCCC(Nc2ccccc2)CC(=O)c2c(O)cc(O)cc2CC(=O)O1. The van der Waals surface area contributed by atoms with E-state index in [4.69, 9.17) is 4.74 Å². The summed E-state index contributed by atoms with van der Waals surface area (Å²) in [4.78, 5) is 25.2. The summed E-state index contributed by atoms with van der Waals surface area (Å²) in [6.07, 6.45) is 1.96. The lowest BCUT2D eigenvalue weighted by molar-refractivity contribution is -0.147. The van der Waals surface area contributed by atoms with E-state index in [2.05, 4.69) is 5.32 Å². The molecule has 148 valence electrons. The third-order valence-electron chi connectivity index (χ3n) is 4.87. The molecule has 0 fully saturated rings. The van der Waals surface area contributed by atoms with Crippen LogP contribution in [-0.4, -0.2) is 34.1 Å². The molecule has 0 aromatic heterocycles. The van der Waals surface area contributed by atoms with Gasteiger partial charge in [0, 0.05) is 24.2 Å². The van der Waals surface area contributed by atoms with E-state index in [0.29, 0.717) is 6.42 Å². The van der Waals surface area contributed by atoms with Crippen LogP contribution in [0.3, 0.4) is 0 Å². The van der Waals surface area contributed by atoms with Crippen molar-refractivity contribution >= 4 is 17.4 Å². The Bertz CT molecular complexity index is 850. The van der Waals surface area contributed by atoms with Gasteiger partial charge in [0.2, 0.25) is 0 Å². The Kier molecular flexibility index (Phi) is 6.19. The lowest BCUT2D eigenvalue weighted by Gasteiger charge is -2.22. The summed E-state index contributed by atoms with van der Waals surface area (Å²) in [7, 11) is 0. The number of esters is 1. The van der Waals surface area contributed by atoms with Gasteiger partial charge in [0.15, 0.2) is 5.78 Å². The smallest absolute Gasteiger partial charge is 0.310 e. The number of fused-ring (bicyclic) bond motifs is 1. The molecule has 0 saturated carbocycles. The lowest BCUT2D eigenvalue weighted by Crippen LogP contribution is -2.26. The first kappa shape index (κ1) is 19.7. The Morgan fingerprint density at radius 3 is 2.57 bits per heavy atom. The molecule has 2 aromatic rings. The van der Waals surface area contributed by atoms with Crippen molar-refractivity contribution in [3.63, 3.8) is 0 Å². The van der Waals surface area contributed by atoms with Crippen LogP contribution < -0.4 is 5.32 Å². The second-order valence-electron chi connectivity index (χ2n) is 7.24. The van der Waals surface area contributed by atoms with Crippen molar-refractivity contribution in [1.82, 2.24) is 0 Å². The number of phenolic OH excluding ortho intramolecular Hbond substituents is 2. The Morgan fingerprint density at radius 1 is 1.07 bits per heavy atom. The number of para-hydroxylation sites is 1. The number of hydrogen-bond donors (Lipinski definition) is 3. The van der Waals surface area contributed by atoms with E-state index < -0.39 is 5.97 Å². The summed E-state index contributed by atoms with van der Waals surface area (Å²) in [6, 6.07) is 12.0. The van der Waals surface area contributed by atoms with Crippen molar-refractivity contribution < 1.29 is 24.5 Å². The van der Waals surface area contributed by atoms with E-state index in [-0.39, 0.29) is 53.4 Å². The summed E-state index contributed by atoms with van der Waals surface area (Å²) >= 11 is 0. The van der Waals surface area contributed by atoms with Gasteiger partial charge < -0.3 is 20.3 Å². The third-order valence-corrected chi connectivity index (χ3v) is 4.87. The molecule has 2 atom stereocenters. The fourth-order valence-corrected chi connectivity index (χ4v) is 3.58. The number of hydrogen-bond acceptors (Lipinski definition) is 6. The topological polar surface area (TPSA) is 95.9 Å². The van der Waals surface area contributed by atoms with Crippen molar-refractivity contribution in [3.05, 3.63) is 53.6 Å². The molecule has 0 saturated heterocycles. The zero-order valence-corrected chi connectivity index (χ0v) is 15.9. The minimum absolute atomic E-state index is 0.0721. The number of nitrogens with one attached hydrogen (secondary N) is 1. The summed E-state index contributed by atoms with van der Waals surface area (Å²) < 4.78 is 5.41. The van der Waals surface area contributed by atoms with Gasteiger partial charge in [-0.15, -0.1) is 0 Å². The Morgan fingerprint density at radius 2 is 1.82 bits per heavy atom. The summed E-state index contributed by atoms with van der Waals surface area (Å²) in [5.74, 6) is -1.28. The monoisotopic (exact) mass is 383 g/mol. The minimum Gasteiger partial charge on any atom is -0.508 e. The zero-order valence-electron chi connectivity index (χ0n) is 15.9. The number of Topliss-reactive ketones (excluding diaryl/α,β-unsaturated/α-hetero) is 1. The van der Waals surface area contributed by atoms with Gasteiger partial charge in [0.25, 0.3) is 0 Å². The molecule has 2 unspecified atom stereocenters. The molecule has 0 spiro atoms. The maximum Gasteiger partial charge on any atom is 0.310 e. The van der Waals surface area contributed by atoms with Crippen LogP contribution in [0, 0.1) is 0 Å². The van der Waals surface area contributed by atoms with Crippen LogP contribution in [0.4, 0.5) is 5.69 Å². The van der Waals surface area contributed by atoms with Crippen LogP contribution in [0.5, 0.6) is 11.5 Å². The maximum atomic E-state index is 13.0. The van der Waals surface area contributed by atoms with E-state index in [9.17, 15) is 19.8 Å². The number of carbonyl (C=O) groups is 2. The number of carbonyl (C=O) groups excluding carboxylic acids is 2. The van der Waals surface area contributed by atoms with E-state index in [1.54, 1.807) is 0 Å². The van der Waals surface area contributed by atoms with Crippen LogP contribution in [0.25, 0.3) is 0 Å². The van der Waals surface area contributed by atoms with Crippen LogP contribution >= 0.6 is 0 Å². The summed E-state index contributed by atoms with van der Waals surface area (Å²) in [5, 5.41) is 23.5. The predicted octanol–water partition coefficient (Wildman–Crippen LogP) is 3.81. The van der Waals surface area contributed by atoms with Gasteiger partial charge in [-0.05, 0) is 49.9 Å². The molecule has 6 nitrogen and oxygen atoms in total. The van der Waals surface area contributed by atoms with Crippen LogP contribution in [0.1, 0.15) is 48.5 Å². The lowest BCUT2D eigenvalue weighted by atomic mass is 9.93. The Hall–Kier alpha value is -3.02. The average Bonchev–Trinajstić information content (AvgIpc) is 2.60. The van der Waals surface area contributed by atoms with Gasteiger partial charge in [-0.3, -0.25) is 9.59 Å². The highest BCUT2D eigenvalue weighted by atomic mass is 16.5. The fourth-order valence-electron chi connectivity index (χ4n) is 3.58. The molecule has 0 bridgehead atoms. The van der Waals surface area contributed by atoms with Gasteiger partial charge >= 0.3 is 5.97 Å². The van der Waals surface area contributed by atoms with Gasteiger partial charge in [0.1, 0.15) is 11.5 Å². The predicted molar refractivity (Wildman–Crippen MR) is 106 cm³/mol. The summed E-state index contributed by atoms with van der Waals surface area (Å²) in [6.45, 7) is 1.84. The number of anilines is 1. The number of cyclic esters (lactones) is 1. The average molecular weight is 383 g/mol. The molecule has 0 aliphatic carbocycles. The van der Waals surface area contributed by atoms with Crippen molar-refractivity contribution in [2.24, 2.45) is 0 Å². The Balaban J connectivity index is 1.92. The summed E-state index contributed by atoms with van der Waals surface area (Å²) in [5.41, 5.74) is 1.27. The molecule has 28 heavy (non-hydrogen) atoms. The normalized spacial score (nSPS) is 21.0. The molecule has 1 heterocycles. The fraction of sp³-hybridized carbons (Fsp3) is 0.364. The highest BCUT2D eigenvalue weighted by Crippen LogP contribution is 2.30. The third kappa shape index (κ3) is 5.03. The van der Waals surface area contributed by atoms with Crippen LogP contribution in [-0.2, 0) is 16.0 Å². The number of ketones is 1. The standard InChI is InChI=1S/C22H25NO5/c1-14-6-5-9-17(23-16-7-3-2-4-8-16)12-19(25)22-15(11-21(27)28-14)10-18(24)13-20(22)26/h2-4,7-8,10,13-14,17,23-24,26H,5-6,9,11-12H2,1H3. The van der Waals surface area contributed by atoms with Gasteiger partial charge in [-0.1, -0.05) is 18.2 Å². The van der Waals surface area contributed by atoms with E-state index in [1.807, 2.05) is 37.3 Å². The van der Waals surface area contributed by atoms with E-state index >= 15 is 0 Å². The molecular formula is C22H25NO5. The molecule has 3 N–H and O–H groups in total. The minimum atomic E-state index is -0.480. The largest absolute Gasteiger partial charge is 0.508 e. The first-order chi connectivity index (χ1) is 13.4. The number of benzene rings is 2. The number of rotatable bonds is 2. The first-order valence-corrected chi connectivity index (χ1v) is 9.51. The van der Waals surface area contributed by atoms with Gasteiger partial charge in [-0.2, -0.15) is 0 Å². The second kappa shape index (κ2) is 8.78. The molecule has 0 amide bonds. The molecule has 3 rings (SSSR count).